The number of unbranched alkanes of at least 4 members (excludes halogenated alkanes) is 1. The topological polar surface area (TPSA) is 64.3 Å². The molecule has 4 nitrogen and oxygen atoms in total. The van der Waals surface area contributed by atoms with Gasteiger partial charge < -0.3 is 15.8 Å². The third-order valence-corrected chi connectivity index (χ3v) is 3.46. The van der Waals surface area contributed by atoms with Crippen LogP contribution in [-0.2, 0) is 11.3 Å². The summed E-state index contributed by atoms with van der Waals surface area (Å²) < 4.78 is 5.46. The standard InChI is InChI=1S/C13H22N2O2S/c1-2-3-6-17-7-4-5-15-9-12-8-11(10-18-12)13(14)16/h8,10,15H,2-7,9H2,1H3,(H2,14,16). The van der Waals surface area contributed by atoms with Gasteiger partial charge in [0.2, 0.25) is 5.91 Å². The SMILES string of the molecule is CCCCOCCCNCc1cc(C(N)=O)cs1. The zero-order valence-electron chi connectivity index (χ0n) is 10.9. The van der Waals surface area contributed by atoms with Crippen LogP contribution in [0.15, 0.2) is 11.4 Å². The van der Waals surface area contributed by atoms with Crippen LogP contribution in [0, 0.1) is 0 Å². The van der Waals surface area contributed by atoms with Crippen LogP contribution in [-0.4, -0.2) is 25.7 Å². The summed E-state index contributed by atoms with van der Waals surface area (Å²) in [6.07, 6.45) is 3.33. The lowest BCUT2D eigenvalue weighted by atomic mass is 10.3. The Morgan fingerprint density at radius 1 is 1.44 bits per heavy atom. The molecule has 0 bridgehead atoms. The predicted octanol–water partition coefficient (Wildman–Crippen LogP) is 2.14. The Hall–Kier alpha value is -0.910. The van der Waals surface area contributed by atoms with Crippen molar-refractivity contribution in [2.24, 2.45) is 5.73 Å². The molecule has 0 saturated heterocycles. The molecule has 0 unspecified atom stereocenters. The summed E-state index contributed by atoms with van der Waals surface area (Å²) in [4.78, 5) is 12.0. The second-order valence-corrected chi connectivity index (χ2v) is 5.16. The Labute approximate surface area is 113 Å². The Bertz CT molecular complexity index is 353. The van der Waals surface area contributed by atoms with E-state index in [-0.39, 0.29) is 5.91 Å². The van der Waals surface area contributed by atoms with Gasteiger partial charge in [0.05, 0.1) is 5.56 Å². The van der Waals surface area contributed by atoms with Crippen molar-refractivity contribution in [1.82, 2.24) is 5.32 Å². The van der Waals surface area contributed by atoms with Gasteiger partial charge >= 0.3 is 0 Å². The van der Waals surface area contributed by atoms with Crippen LogP contribution in [0.25, 0.3) is 0 Å². The van der Waals surface area contributed by atoms with Crippen molar-refractivity contribution in [3.05, 3.63) is 21.9 Å². The van der Waals surface area contributed by atoms with E-state index in [1.54, 1.807) is 16.7 Å². The number of carbonyl (C=O) groups is 1. The van der Waals surface area contributed by atoms with E-state index in [9.17, 15) is 4.79 Å². The monoisotopic (exact) mass is 270 g/mol. The number of rotatable bonds is 10. The zero-order valence-corrected chi connectivity index (χ0v) is 11.7. The Kier molecular flexibility index (Phi) is 7.64. The number of nitrogens with two attached hydrogens (primary N) is 1. The van der Waals surface area contributed by atoms with Crippen LogP contribution in [0.3, 0.4) is 0 Å². The number of carbonyl (C=O) groups excluding carboxylic acids is 1. The van der Waals surface area contributed by atoms with Gasteiger partial charge in [-0.05, 0) is 25.5 Å². The van der Waals surface area contributed by atoms with Crippen molar-refractivity contribution in [3.63, 3.8) is 0 Å². The lowest BCUT2D eigenvalue weighted by Gasteiger charge is -2.04. The van der Waals surface area contributed by atoms with E-state index in [2.05, 4.69) is 12.2 Å². The van der Waals surface area contributed by atoms with E-state index in [1.807, 2.05) is 6.07 Å². The summed E-state index contributed by atoms with van der Waals surface area (Å²) >= 11 is 1.56. The van der Waals surface area contributed by atoms with Gasteiger partial charge in [0.25, 0.3) is 0 Å². The second kappa shape index (κ2) is 9.08. The Morgan fingerprint density at radius 2 is 2.22 bits per heavy atom. The van der Waals surface area contributed by atoms with E-state index in [4.69, 9.17) is 10.5 Å². The zero-order chi connectivity index (χ0) is 13.2. The molecule has 0 aliphatic heterocycles. The number of nitrogens with one attached hydrogen (secondary N) is 1. The highest BCUT2D eigenvalue weighted by Gasteiger charge is 2.03. The minimum atomic E-state index is -0.359. The van der Waals surface area contributed by atoms with Crippen molar-refractivity contribution in [2.75, 3.05) is 19.8 Å². The molecule has 0 aliphatic carbocycles. The Morgan fingerprint density at radius 3 is 2.89 bits per heavy atom. The molecule has 1 amide bonds. The lowest BCUT2D eigenvalue weighted by Crippen LogP contribution is -2.16. The molecule has 1 aromatic heterocycles. The first-order chi connectivity index (χ1) is 8.74. The van der Waals surface area contributed by atoms with Crippen molar-refractivity contribution >= 4 is 17.2 Å². The van der Waals surface area contributed by atoms with Gasteiger partial charge in [-0.25, -0.2) is 0 Å². The van der Waals surface area contributed by atoms with Crippen molar-refractivity contribution < 1.29 is 9.53 Å². The molecule has 1 heterocycles. The van der Waals surface area contributed by atoms with Crippen molar-refractivity contribution in [2.45, 2.75) is 32.7 Å². The number of hydrogen-bond acceptors (Lipinski definition) is 4. The third-order valence-electron chi connectivity index (χ3n) is 2.52. The molecular weight excluding hydrogens is 248 g/mol. The fourth-order valence-electron chi connectivity index (χ4n) is 1.46. The van der Waals surface area contributed by atoms with E-state index < -0.39 is 0 Å². The molecule has 18 heavy (non-hydrogen) atoms. The van der Waals surface area contributed by atoms with Gasteiger partial charge in [-0.3, -0.25) is 4.79 Å². The smallest absolute Gasteiger partial charge is 0.249 e. The van der Waals surface area contributed by atoms with Gasteiger partial charge in [-0.1, -0.05) is 13.3 Å². The minimum Gasteiger partial charge on any atom is -0.381 e. The van der Waals surface area contributed by atoms with Gasteiger partial charge in [-0.15, -0.1) is 11.3 Å². The normalized spacial score (nSPS) is 10.7. The summed E-state index contributed by atoms with van der Waals surface area (Å²) in [5, 5.41) is 5.12. The first-order valence-electron chi connectivity index (χ1n) is 6.39. The summed E-state index contributed by atoms with van der Waals surface area (Å²) in [7, 11) is 0. The summed E-state index contributed by atoms with van der Waals surface area (Å²) in [5.74, 6) is -0.359. The molecule has 0 saturated carbocycles. The number of primary amides is 1. The highest BCUT2D eigenvalue weighted by molar-refractivity contribution is 7.10. The molecule has 1 rings (SSSR count). The molecule has 0 atom stereocenters. The van der Waals surface area contributed by atoms with Gasteiger partial charge in [-0.2, -0.15) is 0 Å². The predicted molar refractivity (Wildman–Crippen MR) is 74.9 cm³/mol. The maximum absolute atomic E-state index is 10.9. The maximum Gasteiger partial charge on any atom is 0.249 e. The summed E-state index contributed by atoms with van der Waals surface area (Å²) in [6.45, 7) is 5.54. The van der Waals surface area contributed by atoms with Crippen LogP contribution >= 0.6 is 11.3 Å². The molecule has 0 spiro atoms. The first kappa shape index (κ1) is 15.1. The maximum atomic E-state index is 10.9. The quantitative estimate of drug-likeness (QED) is 0.640. The molecule has 3 N–H and O–H groups in total. The number of amides is 1. The fourth-order valence-corrected chi connectivity index (χ4v) is 2.30. The van der Waals surface area contributed by atoms with E-state index in [1.165, 1.54) is 6.42 Å². The van der Waals surface area contributed by atoms with Crippen LogP contribution in [0.1, 0.15) is 41.4 Å². The fraction of sp³-hybridized carbons (Fsp3) is 0.615. The van der Waals surface area contributed by atoms with Crippen LogP contribution in [0.5, 0.6) is 0 Å². The number of ether oxygens (including phenoxy) is 1. The van der Waals surface area contributed by atoms with Gasteiger partial charge in [0.15, 0.2) is 0 Å². The van der Waals surface area contributed by atoms with Crippen LogP contribution in [0.2, 0.25) is 0 Å². The summed E-state index contributed by atoms with van der Waals surface area (Å²) in [6, 6.07) is 1.84. The average molecular weight is 270 g/mol. The molecule has 102 valence electrons. The minimum absolute atomic E-state index is 0.359. The lowest BCUT2D eigenvalue weighted by molar-refractivity contribution is 0.100. The molecule has 0 radical (unpaired) electrons. The Balaban J connectivity index is 2.02. The molecular formula is C13H22N2O2S. The molecule has 0 fully saturated rings. The first-order valence-corrected chi connectivity index (χ1v) is 7.27. The largest absolute Gasteiger partial charge is 0.381 e. The summed E-state index contributed by atoms with van der Waals surface area (Å²) in [5.41, 5.74) is 5.79. The average Bonchev–Trinajstić information content (AvgIpc) is 2.81. The van der Waals surface area contributed by atoms with E-state index >= 15 is 0 Å². The van der Waals surface area contributed by atoms with Gasteiger partial charge in [0.1, 0.15) is 0 Å². The van der Waals surface area contributed by atoms with Gasteiger partial charge in [0, 0.05) is 30.0 Å². The second-order valence-electron chi connectivity index (χ2n) is 4.16. The van der Waals surface area contributed by atoms with Crippen molar-refractivity contribution in [3.8, 4) is 0 Å². The molecule has 1 aromatic rings. The van der Waals surface area contributed by atoms with E-state index in [0.29, 0.717) is 5.56 Å². The molecule has 0 aliphatic rings. The number of thiophene rings is 1. The third kappa shape index (κ3) is 6.14. The van der Waals surface area contributed by atoms with E-state index in [0.717, 1.165) is 44.0 Å². The van der Waals surface area contributed by atoms with Crippen LogP contribution < -0.4 is 11.1 Å². The molecule has 0 aromatic carbocycles. The van der Waals surface area contributed by atoms with Crippen molar-refractivity contribution in [1.29, 1.82) is 0 Å². The van der Waals surface area contributed by atoms with Crippen LogP contribution in [0.4, 0.5) is 0 Å². The molecule has 5 heteroatoms. The number of hydrogen-bond donors (Lipinski definition) is 2. The highest BCUT2D eigenvalue weighted by atomic mass is 32.1. The highest BCUT2D eigenvalue weighted by Crippen LogP contribution is 2.13.